The largest absolute Gasteiger partial charge is 2.00 e. The third-order valence-electron chi connectivity index (χ3n) is 2.57. The molecule has 0 aromatic heterocycles. The predicted molar refractivity (Wildman–Crippen MR) is 70.8 cm³/mol. The first-order valence-corrected chi connectivity index (χ1v) is 6.39. The Bertz CT molecular complexity index is 273. The maximum Gasteiger partial charge on any atom is 2.00 e. The SMILES string of the molecule is CCCC1=[C-]CC=C1.CCCC1=[C-]CC=C1.[Ru+2]. The summed E-state index contributed by atoms with van der Waals surface area (Å²) in [7, 11) is 0. The normalized spacial score (nSPS) is 15.9. The van der Waals surface area contributed by atoms with Crippen molar-refractivity contribution in [3.05, 3.63) is 47.6 Å². The molecule has 2 aliphatic carbocycles. The zero-order valence-corrected chi connectivity index (χ0v) is 12.6. The maximum atomic E-state index is 3.26. The zero-order valence-electron chi connectivity index (χ0n) is 10.9. The van der Waals surface area contributed by atoms with E-state index in [1.165, 1.54) is 36.8 Å². The minimum atomic E-state index is 0. The molecule has 0 N–H and O–H groups in total. The zero-order chi connectivity index (χ0) is 11.6. The molecule has 0 aromatic rings. The van der Waals surface area contributed by atoms with Crippen molar-refractivity contribution in [1.82, 2.24) is 0 Å². The van der Waals surface area contributed by atoms with Crippen molar-refractivity contribution in [2.75, 3.05) is 0 Å². The van der Waals surface area contributed by atoms with Crippen molar-refractivity contribution in [1.29, 1.82) is 0 Å². The summed E-state index contributed by atoms with van der Waals surface area (Å²) in [4.78, 5) is 0. The molecule has 0 heterocycles. The number of hydrogen-bond acceptors (Lipinski definition) is 0. The Morgan fingerprint density at radius 1 is 0.882 bits per heavy atom. The van der Waals surface area contributed by atoms with Gasteiger partial charge in [-0.3, -0.25) is 12.2 Å². The van der Waals surface area contributed by atoms with Crippen LogP contribution in [0.1, 0.15) is 52.4 Å². The molecule has 94 valence electrons. The van der Waals surface area contributed by atoms with E-state index in [-0.39, 0.29) is 19.5 Å². The van der Waals surface area contributed by atoms with E-state index in [0.717, 1.165) is 12.8 Å². The van der Waals surface area contributed by atoms with Crippen LogP contribution in [0.25, 0.3) is 0 Å². The molecule has 2 aliphatic rings. The Balaban J connectivity index is 0.000000284. The smallest absolute Gasteiger partial charge is 0.269 e. The summed E-state index contributed by atoms with van der Waals surface area (Å²) < 4.78 is 0. The van der Waals surface area contributed by atoms with Gasteiger partial charge in [0.05, 0.1) is 0 Å². The van der Waals surface area contributed by atoms with Crippen molar-refractivity contribution < 1.29 is 19.5 Å². The van der Waals surface area contributed by atoms with Crippen LogP contribution in [-0.2, 0) is 19.5 Å². The maximum absolute atomic E-state index is 3.26. The van der Waals surface area contributed by atoms with Gasteiger partial charge in [-0.2, -0.15) is 12.2 Å². The molecule has 0 saturated heterocycles. The first kappa shape index (κ1) is 16.6. The summed E-state index contributed by atoms with van der Waals surface area (Å²) in [6, 6.07) is 0. The van der Waals surface area contributed by atoms with Gasteiger partial charge in [0, 0.05) is 0 Å². The summed E-state index contributed by atoms with van der Waals surface area (Å²) in [5, 5.41) is 0. The Morgan fingerprint density at radius 2 is 1.29 bits per heavy atom. The van der Waals surface area contributed by atoms with Gasteiger partial charge in [-0.15, -0.1) is 12.8 Å². The van der Waals surface area contributed by atoms with Crippen LogP contribution >= 0.6 is 0 Å². The van der Waals surface area contributed by atoms with E-state index < -0.39 is 0 Å². The molecular weight excluding hydrogens is 293 g/mol. The van der Waals surface area contributed by atoms with E-state index in [1.54, 1.807) is 0 Å². The van der Waals surface area contributed by atoms with Gasteiger partial charge >= 0.3 is 19.5 Å². The van der Waals surface area contributed by atoms with Crippen molar-refractivity contribution in [3.8, 4) is 0 Å². The van der Waals surface area contributed by atoms with Crippen molar-refractivity contribution >= 4 is 0 Å². The van der Waals surface area contributed by atoms with E-state index in [0.29, 0.717) is 0 Å². The van der Waals surface area contributed by atoms with Crippen LogP contribution in [0.5, 0.6) is 0 Å². The quantitative estimate of drug-likeness (QED) is 0.509. The molecule has 0 aromatic carbocycles. The minimum Gasteiger partial charge on any atom is -0.269 e. The van der Waals surface area contributed by atoms with Gasteiger partial charge in [0.25, 0.3) is 0 Å². The van der Waals surface area contributed by atoms with Crippen molar-refractivity contribution in [2.24, 2.45) is 0 Å². The van der Waals surface area contributed by atoms with Crippen LogP contribution < -0.4 is 0 Å². The fourth-order valence-electron chi connectivity index (χ4n) is 1.78. The molecule has 0 fully saturated rings. The predicted octanol–water partition coefficient (Wildman–Crippen LogP) is 4.95. The number of rotatable bonds is 4. The van der Waals surface area contributed by atoms with Gasteiger partial charge in [-0.05, 0) is 0 Å². The van der Waals surface area contributed by atoms with E-state index >= 15 is 0 Å². The summed E-state index contributed by atoms with van der Waals surface area (Å²) in [5.74, 6) is 0. The summed E-state index contributed by atoms with van der Waals surface area (Å²) >= 11 is 0. The van der Waals surface area contributed by atoms with Crippen molar-refractivity contribution in [3.63, 3.8) is 0 Å². The van der Waals surface area contributed by atoms with E-state index in [4.69, 9.17) is 0 Å². The van der Waals surface area contributed by atoms with Gasteiger partial charge in [-0.25, -0.2) is 23.3 Å². The molecule has 1 heteroatoms. The molecule has 0 spiro atoms. The van der Waals surface area contributed by atoms with Crippen LogP contribution in [0.4, 0.5) is 0 Å². The molecule has 0 saturated carbocycles. The van der Waals surface area contributed by atoms with E-state index in [1.807, 2.05) is 0 Å². The van der Waals surface area contributed by atoms with Gasteiger partial charge < -0.3 is 0 Å². The second-order valence-electron chi connectivity index (χ2n) is 4.12. The minimum absolute atomic E-state index is 0. The molecule has 0 unspecified atom stereocenters. The molecule has 2 rings (SSSR count). The summed E-state index contributed by atoms with van der Waals surface area (Å²) in [6.07, 6.45) is 22.2. The average Bonchev–Trinajstić information content (AvgIpc) is 2.92. The topological polar surface area (TPSA) is 0 Å². The number of allylic oxidation sites excluding steroid dienone is 8. The first-order chi connectivity index (χ1) is 7.86. The van der Waals surface area contributed by atoms with E-state index in [2.05, 4.69) is 50.3 Å². The Hall–Kier alpha value is -0.417. The Kier molecular flexibility index (Phi) is 10.5. The molecule has 0 amide bonds. The Morgan fingerprint density at radius 3 is 1.53 bits per heavy atom. The monoisotopic (exact) mass is 316 g/mol. The molecule has 17 heavy (non-hydrogen) atoms. The third kappa shape index (κ3) is 7.50. The molecule has 0 bridgehead atoms. The van der Waals surface area contributed by atoms with E-state index in [9.17, 15) is 0 Å². The van der Waals surface area contributed by atoms with Gasteiger partial charge in [0.1, 0.15) is 0 Å². The molecule has 0 radical (unpaired) electrons. The number of hydrogen-bond donors (Lipinski definition) is 0. The molecule has 0 atom stereocenters. The first-order valence-electron chi connectivity index (χ1n) is 6.39. The Labute approximate surface area is 119 Å². The van der Waals surface area contributed by atoms with Gasteiger partial charge in [0.15, 0.2) is 0 Å². The summed E-state index contributed by atoms with van der Waals surface area (Å²) in [6.45, 7) is 4.39. The van der Waals surface area contributed by atoms with Crippen molar-refractivity contribution in [2.45, 2.75) is 52.4 Å². The molecule has 0 nitrogen and oxygen atoms in total. The van der Waals surface area contributed by atoms with Crippen LogP contribution in [0.15, 0.2) is 35.5 Å². The van der Waals surface area contributed by atoms with Crippen LogP contribution in [0.2, 0.25) is 0 Å². The second kappa shape index (κ2) is 10.7. The standard InChI is InChI=1S/2C8H11.Ru/c2*1-2-5-8-6-3-4-7-8;/h2*3,6H,2,4-5H2,1H3;/q2*-1;+2. The van der Waals surface area contributed by atoms with Crippen LogP contribution in [0.3, 0.4) is 0 Å². The van der Waals surface area contributed by atoms with Crippen LogP contribution in [-0.4, -0.2) is 0 Å². The fourth-order valence-corrected chi connectivity index (χ4v) is 1.78. The fraction of sp³-hybridized carbons (Fsp3) is 0.500. The molecular formula is C16H22Ru. The van der Waals surface area contributed by atoms with Gasteiger partial charge in [-0.1, -0.05) is 39.5 Å². The van der Waals surface area contributed by atoms with Gasteiger partial charge in [0.2, 0.25) is 0 Å². The molecule has 0 aliphatic heterocycles. The average molecular weight is 315 g/mol. The summed E-state index contributed by atoms with van der Waals surface area (Å²) in [5.41, 5.74) is 2.79. The van der Waals surface area contributed by atoms with Crippen LogP contribution in [0, 0.1) is 12.2 Å². The third-order valence-corrected chi connectivity index (χ3v) is 2.57. The second-order valence-corrected chi connectivity index (χ2v) is 4.12.